The van der Waals surface area contributed by atoms with E-state index in [1.165, 1.54) is 12.1 Å². The number of carbonyl (C=O) groups is 1. The first kappa shape index (κ1) is 21.2. The molecule has 1 N–H and O–H groups in total. The van der Waals surface area contributed by atoms with Crippen molar-refractivity contribution >= 4 is 17.5 Å². The quantitative estimate of drug-likeness (QED) is 0.469. The average molecular weight is 412 g/mol. The minimum absolute atomic E-state index is 0.0349. The second-order valence-corrected chi connectivity index (χ2v) is 5.79. The molecule has 0 unspecified atom stereocenters. The van der Waals surface area contributed by atoms with Crippen molar-refractivity contribution in [1.29, 1.82) is 0 Å². The number of amides is 1. The van der Waals surface area contributed by atoms with Crippen LogP contribution in [0.15, 0.2) is 16.5 Å². The number of nitrogens with one attached hydrogen (secondary N) is 1. The summed E-state index contributed by atoms with van der Waals surface area (Å²) in [6, 6.07) is 2.73. The lowest BCUT2D eigenvalue weighted by Crippen LogP contribution is -2.24. The van der Waals surface area contributed by atoms with Crippen LogP contribution in [0.1, 0.15) is 53.9 Å². The van der Waals surface area contributed by atoms with Crippen LogP contribution >= 0.6 is 11.6 Å². The number of halogens is 5. The number of hydrogen-bond acceptors (Lipinski definition) is 4. The molecule has 0 saturated carbocycles. The van der Waals surface area contributed by atoms with E-state index in [-0.39, 0.29) is 18.1 Å². The van der Waals surface area contributed by atoms with Gasteiger partial charge in [0.05, 0.1) is 11.6 Å². The first-order chi connectivity index (χ1) is 12.8. The number of alkyl halides is 4. The van der Waals surface area contributed by atoms with Gasteiger partial charge in [0.25, 0.3) is 18.8 Å². The SMILES string of the molecule is CCOCCCNC(=O)c1ccc(Cn2nc(C(F)F)c(Cl)c2C(F)F)o1. The molecule has 6 nitrogen and oxygen atoms in total. The fourth-order valence-electron chi connectivity index (χ4n) is 2.28. The highest BCUT2D eigenvalue weighted by Crippen LogP contribution is 2.34. The molecule has 2 aromatic heterocycles. The Labute approximate surface area is 157 Å². The summed E-state index contributed by atoms with van der Waals surface area (Å²) in [5.41, 5.74) is -1.75. The van der Waals surface area contributed by atoms with Crippen LogP contribution in [0, 0.1) is 0 Å². The zero-order valence-electron chi connectivity index (χ0n) is 14.4. The molecule has 2 aromatic rings. The Morgan fingerprint density at radius 3 is 2.70 bits per heavy atom. The Morgan fingerprint density at radius 1 is 1.33 bits per heavy atom. The van der Waals surface area contributed by atoms with Crippen molar-refractivity contribution in [3.63, 3.8) is 0 Å². The summed E-state index contributed by atoms with van der Waals surface area (Å²) >= 11 is 5.59. The molecule has 150 valence electrons. The maximum absolute atomic E-state index is 13.1. The van der Waals surface area contributed by atoms with Crippen molar-refractivity contribution in [3.8, 4) is 0 Å². The summed E-state index contributed by atoms with van der Waals surface area (Å²) in [6.45, 7) is 2.95. The molecule has 0 fully saturated rings. The van der Waals surface area contributed by atoms with Gasteiger partial charge in [-0.25, -0.2) is 17.6 Å². The Morgan fingerprint density at radius 2 is 2.07 bits per heavy atom. The molecular formula is C16H18ClF4N3O3. The van der Waals surface area contributed by atoms with Crippen molar-refractivity contribution < 1.29 is 31.5 Å². The van der Waals surface area contributed by atoms with E-state index in [0.29, 0.717) is 30.9 Å². The summed E-state index contributed by atoms with van der Waals surface area (Å²) in [4.78, 5) is 12.0. The van der Waals surface area contributed by atoms with Crippen molar-refractivity contribution in [1.82, 2.24) is 15.1 Å². The minimum Gasteiger partial charge on any atom is -0.454 e. The summed E-state index contributed by atoms with van der Waals surface area (Å²) in [5.74, 6) is -0.428. The van der Waals surface area contributed by atoms with Crippen molar-refractivity contribution in [2.75, 3.05) is 19.8 Å². The molecule has 0 spiro atoms. The fraction of sp³-hybridized carbons (Fsp3) is 0.500. The third-order valence-electron chi connectivity index (χ3n) is 3.52. The summed E-state index contributed by atoms with van der Waals surface area (Å²) in [6.07, 6.45) is -5.57. The van der Waals surface area contributed by atoms with Crippen LogP contribution in [-0.2, 0) is 11.3 Å². The molecule has 2 heterocycles. The number of ether oxygens (including phenoxy) is 1. The Kier molecular flexibility index (Phi) is 7.66. The molecule has 0 atom stereocenters. The number of furan rings is 1. The number of nitrogens with zero attached hydrogens (tertiary/aromatic N) is 2. The van der Waals surface area contributed by atoms with E-state index in [0.717, 1.165) is 0 Å². The van der Waals surface area contributed by atoms with Crippen LogP contribution in [0.25, 0.3) is 0 Å². The van der Waals surface area contributed by atoms with Crippen LogP contribution in [0.2, 0.25) is 5.02 Å². The van der Waals surface area contributed by atoms with Crippen molar-refractivity contribution in [2.45, 2.75) is 32.7 Å². The van der Waals surface area contributed by atoms with Gasteiger partial charge < -0.3 is 14.5 Å². The molecule has 11 heteroatoms. The molecule has 0 bridgehead atoms. The van der Waals surface area contributed by atoms with Gasteiger partial charge in [0.1, 0.15) is 17.1 Å². The standard InChI is InChI=1S/C16H18ClF4N3O3/c1-2-26-7-3-6-22-16(25)10-5-4-9(27-10)8-24-13(15(20)21)11(17)12(23-24)14(18)19/h4-5,14-15H,2-3,6-8H2,1H3,(H,22,25). The van der Waals surface area contributed by atoms with Gasteiger partial charge in [0.15, 0.2) is 5.76 Å². The molecular weight excluding hydrogens is 394 g/mol. The van der Waals surface area contributed by atoms with Crippen LogP contribution in [0.5, 0.6) is 0 Å². The maximum Gasteiger partial charge on any atom is 0.286 e. The largest absolute Gasteiger partial charge is 0.454 e. The Hall–Kier alpha value is -2.07. The number of hydrogen-bond donors (Lipinski definition) is 1. The highest BCUT2D eigenvalue weighted by Gasteiger charge is 2.28. The summed E-state index contributed by atoms with van der Waals surface area (Å²) in [7, 11) is 0. The Balaban J connectivity index is 2.05. The lowest BCUT2D eigenvalue weighted by molar-refractivity contribution is 0.0914. The first-order valence-corrected chi connectivity index (χ1v) is 8.50. The molecule has 1 amide bonds. The molecule has 27 heavy (non-hydrogen) atoms. The molecule has 0 aromatic carbocycles. The van der Waals surface area contributed by atoms with Gasteiger partial charge in [-0.3, -0.25) is 9.48 Å². The smallest absolute Gasteiger partial charge is 0.286 e. The second-order valence-electron chi connectivity index (χ2n) is 5.42. The first-order valence-electron chi connectivity index (χ1n) is 8.12. The molecule has 0 aliphatic heterocycles. The van der Waals surface area contributed by atoms with Gasteiger partial charge in [-0.2, -0.15) is 5.10 Å². The normalized spacial score (nSPS) is 11.6. The van der Waals surface area contributed by atoms with Gasteiger partial charge in [-0.1, -0.05) is 11.6 Å². The molecule has 0 aliphatic rings. The van der Waals surface area contributed by atoms with E-state index in [4.69, 9.17) is 20.8 Å². The highest BCUT2D eigenvalue weighted by molar-refractivity contribution is 6.32. The monoisotopic (exact) mass is 411 g/mol. The van der Waals surface area contributed by atoms with Crippen molar-refractivity contribution in [3.05, 3.63) is 40.1 Å². The molecule has 0 radical (unpaired) electrons. The molecule has 2 rings (SSSR count). The zero-order chi connectivity index (χ0) is 20.0. The van der Waals surface area contributed by atoms with E-state index < -0.39 is 35.2 Å². The lowest BCUT2D eigenvalue weighted by atomic mass is 10.3. The predicted octanol–water partition coefficient (Wildman–Crippen LogP) is 4.21. The highest BCUT2D eigenvalue weighted by atomic mass is 35.5. The van der Waals surface area contributed by atoms with Crippen molar-refractivity contribution in [2.24, 2.45) is 0 Å². The Bertz CT molecular complexity index is 764. The van der Waals surface area contributed by atoms with E-state index in [9.17, 15) is 22.4 Å². The van der Waals surface area contributed by atoms with E-state index >= 15 is 0 Å². The minimum atomic E-state index is -3.10. The summed E-state index contributed by atoms with van der Waals surface area (Å²) < 4.78 is 63.0. The third kappa shape index (κ3) is 5.46. The topological polar surface area (TPSA) is 69.3 Å². The zero-order valence-corrected chi connectivity index (χ0v) is 15.1. The number of rotatable bonds is 10. The van der Waals surface area contributed by atoms with Gasteiger partial charge in [0.2, 0.25) is 0 Å². The van der Waals surface area contributed by atoms with E-state index in [2.05, 4.69) is 10.4 Å². The van der Waals surface area contributed by atoms with E-state index in [1.807, 2.05) is 6.92 Å². The molecule has 0 saturated heterocycles. The van der Waals surface area contributed by atoms with Crippen LogP contribution in [-0.4, -0.2) is 35.4 Å². The third-order valence-corrected chi connectivity index (χ3v) is 3.90. The molecule has 0 aliphatic carbocycles. The predicted molar refractivity (Wildman–Crippen MR) is 88.4 cm³/mol. The fourth-order valence-corrected chi connectivity index (χ4v) is 2.58. The van der Waals surface area contributed by atoms with Gasteiger partial charge in [-0.15, -0.1) is 0 Å². The van der Waals surface area contributed by atoms with E-state index in [1.54, 1.807) is 0 Å². The lowest BCUT2D eigenvalue weighted by Gasteiger charge is -2.05. The number of carbonyl (C=O) groups excluding carboxylic acids is 1. The van der Waals surface area contributed by atoms with Gasteiger partial charge in [0, 0.05) is 19.8 Å². The number of aromatic nitrogens is 2. The second kappa shape index (κ2) is 9.75. The van der Waals surface area contributed by atoms with Gasteiger partial charge in [-0.05, 0) is 25.5 Å². The van der Waals surface area contributed by atoms with Crippen LogP contribution in [0.4, 0.5) is 17.6 Å². The van der Waals surface area contributed by atoms with Crippen LogP contribution < -0.4 is 5.32 Å². The maximum atomic E-state index is 13.1. The van der Waals surface area contributed by atoms with Gasteiger partial charge >= 0.3 is 0 Å². The average Bonchev–Trinajstić information content (AvgIpc) is 3.19. The van der Waals surface area contributed by atoms with Crippen LogP contribution in [0.3, 0.4) is 0 Å². The summed E-state index contributed by atoms with van der Waals surface area (Å²) in [5, 5.41) is 5.28.